The van der Waals surface area contributed by atoms with E-state index in [0.717, 1.165) is 18.4 Å². The van der Waals surface area contributed by atoms with Crippen molar-refractivity contribution in [3.8, 4) is 0 Å². The summed E-state index contributed by atoms with van der Waals surface area (Å²) in [4.78, 5) is 18.2. The Morgan fingerprint density at radius 1 is 1.27 bits per heavy atom. The second-order valence-corrected chi connectivity index (χ2v) is 6.73. The quantitative estimate of drug-likeness (QED) is 0.557. The van der Waals surface area contributed by atoms with Gasteiger partial charge >= 0.3 is 0 Å². The predicted molar refractivity (Wildman–Crippen MR) is 92.8 cm³/mol. The van der Waals surface area contributed by atoms with E-state index in [1.807, 2.05) is 30.3 Å². The summed E-state index contributed by atoms with van der Waals surface area (Å²) in [6, 6.07) is 9.71. The smallest absolute Gasteiger partial charge is 0.275 e. The minimum absolute atomic E-state index is 0.105. The second-order valence-electron chi connectivity index (χ2n) is 6.73. The number of amides is 1. The first kappa shape index (κ1) is 19.3. The molecule has 2 saturated heterocycles. The second kappa shape index (κ2) is 9.43. The van der Waals surface area contributed by atoms with E-state index in [1.54, 1.807) is 7.11 Å². The first-order valence-corrected chi connectivity index (χ1v) is 9.09. The van der Waals surface area contributed by atoms with Gasteiger partial charge in [0.2, 0.25) is 0 Å². The summed E-state index contributed by atoms with van der Waals surface area (Å²) >= 11 is 0. The Hall–Kier alpha value is -1.51. The largest absolute Gasteiger partial charge is 0.383 e. The highest BCUT2D eigenvalue weighted by atomic mass is 16.7. The monoisotopic (exact) mass is 365 g/mol. The molecule has 0 radical (unpaired) electrons. The maximum absolute atomic E-state index is 12.3. The van der Waals surface area contributed by atoms with E-state index in [4.69, 9.17) is 19.0 Å². The molecule has 1 aromatic rings. The average Bonchev–Trinajstić information content (AvgIpc) is 2.68. The molecule has 0 bridgehead atoms. The zero-order valence-corrected chi connectivity index (χ0v) is 15.1. The number of hydroxylamine groups is 2. The van der Waals surface area contributed by atoms with E-state index in [2.05, 4.69) is 0 Å². The fourth-order valence-corrected chi connectivity index (χ4v) is 3.45. The van der Waals surface area contributed by atoms with Gasteiger partial charge in [0.25, 0.3) is 5.91 Å². The van der Waals surface area contributed by atoms with Crippen LogP contribution in [0.4, 0.5) is 0 Å². The lowest BCUT2D eigenvalue weighted by molar-refractivity contribution is -0.277. The molecular weight excluding hydrogens is 338 g/mol. The van der Waals surface area contributed by atoms with Crippen LogP contribution in [0.3, 0.4) is 0 Å². The van der Waals surface area contributed by atoms with Gasteiger partial charge in [-0.3, -0.25) is 9.63 Å². The van der Waals surface area contributed by atoms with Crippen LogP contribution in [0.25, 0.3) is 0 Å². The molecule has 7 heteroatoms. The van der Waals surface area contributed by atoms with Gasteiger partial charge in [-0.15, -0.1) is 0 Å². The Morgan fingerprint density at radius 2 is 2.08 bits per heavy atom. The molecule has 26 heavy (non-hydrogen) atoms. The van der Waals surface area contributed by atoms with E-state index < -0.39 is 6.10 Å². The summed E-state index contributed by atoms with van der Waals surface area (Å²) in [5.41, 5.74) is 1.07. The van der Waals surface area contributed by atoms with Crippen LogP contribution in [0.2, 0.25) is 0 Å². The number of nitrogens with zero attached hydrogens (tertiary/aromatic N) is 1. The number of fused-ring (bicyclic) bond motifs is 1. The standard InChI is InChI=1S/C19H27NO6/c1-23-13-24-10-9-15-7-8-16-18(11-17(21)19(22)20(16)26-15)25-12-14-5-3-2-4-6-14/h2-6,15-18,21H,7-13H2,1H3/t15-,16?,17-,18-/m0/s1. The summed E-state index contributed by atoms with van der Waals surface area (Å²) in [5, 5.41) is 11.5. The van der Waals surface area contributed by atoms with Crippen molar-refractivity contribution < 1.29 is 28.9 Å². The third-order valence-corrected chi connectivity index (χ3v) is 4.83. The number of piperidine rings is 1. The number of ether oxygens (including phenoxy) is 3. The van der Waals surface area contributed by atoms with Crippen LogP contribution in [-0.2, 0) is 30.4 Å². The molecule has 0 aromatic heterocycles. The summed E-state index contributed by atoms with van der Waals surface area (Å²) < 4.78 is 16.2. The van der Waals surface area contributed by atoms with Crippen molar-refractivity contribution in [2.75, 3.05) is 20.5 Å². The normalized spacial score (nSPS) is 28.8. The van der Waals surface area contributed by atoms with E-state index >= 15 is 0 Å². The van der Waals surface area contributed by atoms with Gasteiger partial charge in [-0.2, -0.15) is 0 Å². The molecule has 0 spiro atoms. The molecule has 1 amide bonds. The fourth-order valence-electron chi connectivity index (χ4n) is 3.45. The number of aliphatic hydroxyl groups excluding tert-OH is 1. The fraction of sp³-hybridized carbons (Fsp3) is 0.632. The van der Waals surface area contributed by atoms with Crippen molar-refractivity contribution in [3.63, 3.8) is 0 Å². The van der Waals surface area contributed by atoms with Crippen LogP contribution in [0.1, 0.15) is 31.2 Å². The molecule has 144 valence electrons. The third-order valence-electron chi connectivity index (χ3n) is 4.83. The number of hydrogen-bond acceptors (Lipinski definition) is 6. The van der Waals surface area contributed by atoms with Crippen LogP contribution in [0.5, 0.6) is 0 Å². The van der Waals surface area contributed by atoms with Gasteiger partial charge in [-0.25, -0.2) is 5.06 Å². The van der Waals surface area contributed by atoms with Crippen molar-refractivity contribution in [2.45, 2.75) is 56.6 Å². The molecule has 0 saturated carbocycles. The van der Waals surface area contributed by atoms with Crippen molar-refractivity contribution in [2.24, 2.45) is 0 Å². The lowest BCUT2D eigenvalue weighted by Gasteiger charge is -2.46. The predicted octanol–water partition coefficient (Wildman–Crippen LogP) is 1.64. The molecule has 0 aliphatic carbocycles. The lowest BCUT2D eigenvalue weighted by Crippen LogP contribution is -2.60. The topological polar surface area (TPSA) is 77.5 Å². The first-order valence-electron chi connectivity index (χ1n) is 9.09. The molecule has 2 aliphatic rings. The maximum Gasteiger partial charge on any atom is 0.275 e. The Bertz CT molecular complexity index is 568. The Labute approximate surface area is 153 Å². The molecule has 4 atom stereocenters. The average molecular weight is 365 g/mol. The molecule has 2 aliphatic heterocycles. The number of hydrogen-bond donors (Lipinski definition) is 1. The highest BCUT2D eigenvalue weighted by molar-refractivity contribution is 5.81. The molecule has 1 unspecified atom stereocenters. The minimum atomic E-state index is -1.09. The minimum Gasteiger partial charge on any atom is -0.383 e. The van der Waals surface area contributed by atoms with Crippen molar-refractivity contribution in [3.05, 3.63) is 35.9 Å². The molecule has 3 rings (SSSR count). The van der Waals surface area contributed by atoms with Crippen LogP contribution < -0.4 is 0 Å². The SMILES string of the molecule is COCOCC[C@@H]1CCC2[C@@H](OCc3ccccc3)C[C@H](O)C(=O)N2O1. The molecule has 1 N–H and O–H groups in total. The highest BCUT2D eigenvalue weighted by Gasteiger charge is 2.45. The van der Waals surface area contributed by atoms with Gasteiger partial charge < -0.3 is 19.3 Å². The van der Waals surface area contributed by atoms with Crippen LogP contribution in [-0.4, -0.2) is 60.9 Å². The van der Waals surface area contributed by atoms with Gasteiger partial charge in [-0.1, -0.05) is 30.3 Å². The van der Waals surface area contributed by atoms with E-state index in [-0.39, 0.29) is 30.9 Å². The van der Waals surface area contributed by atoms with Gasteiger partial charge in [0.05, 0.1) is 31.5 Å². The van der Waals surface area contributed by atoms with Gasteiger partial charge in [0.1, 0.15) is 12.9 Å². The molecule has 1 aromatic carbocycles. The van der Waals surface area contributed by atoms with Crippen molar-refractivity contribution in [1.29, 1.82) is 0 Å². The summed E-state index contributed by atoms with van der Waals surface area (Å²) in [5.74, 6) is -0.378. The van der Waals surface area contributed by atoms with E-state index in [1.165, 1.54) is 5.06 Å². The zero-order chi connectivity index (χ0) is 18.4. The number of benzene rings is 1. The molecule has 2 fully saturated rings. The third kappa shape index (κ3) is 4.81. The Balaban J connectivity index is 1.56. The zero-order valence-electron chi connectivity index (χ0n) is 15.1. The van der Waals surface area contributed by atoms with Crippen molar-refractivity contribution >= 4 is 5.91 Å². The number of methoxy groups -OCH3 is 1. The first-order chi connectivity index (χ1) is 12.7. The molecule has 7 nitrogen and oxygen atoms in total. The van der Waals surface area contributed by atoms with Gasteiger partial charge in [0, 0.05) is 13.5 Å². The highest BCUT2D eigenvalue weighted by Crippen LogP contribution is 2.32. The molecular formula is C19H27NO6. The van der Waals surface area contributed by atoms with Crippen LogP contribution >= 0.6 is 0 Å². The number of carbonyl (C=O) groups is 1. The summed E-state index contributed by atoms with van der Waals surface area (Å²) in [6.07, 6.45) is 1.15. The Kier molecular flexibility index (Phi) is 6.99. The maximum atomic E-state index is 12.3. The van der Waals surface area contributed by atoms with Crippen molar-refractivity contribution in [1.82, 2.24) is 5.06 Å². The van der Waals surface area contributed by atoms with Gasteiger partial charge in [0.15, 0.2) is 0 Å². The van der Waals surface area contributed by atoms with Crippen LogP contribution in [0.15, 0.2) is 30.3 Å². The summed E-state index contributed by atoms with van der Waals surface area (Å²) in [7, 11) is 1.57. The molecule has 2 heterocycles. The Morgan fingerprint density at radius 3 is 2.85 bits per heavy atom. The summed E-state index contributed by atoms with van der Waals surface area (Å²) in [6.45, 7) is 1.19. The number of aliphatic hydroxyl groups is 1. The lowest BCUT2D eigenvalue weighted by atomic mass is 9.91. The number of rotatable bonds is 8. The number of carbonyl (C=O) groups excluding carboxylic acids is 1. The van der Waals surface area contributed by atoms with E-state index in [9.17, 15) is 9.90 Å². The van der Waals surface area contributed by atoms with Crippen LogP contribution in [0, 0.1) is 0 Å². The van der Waals surface area contributed by atoms with Gasteiger partial charge in [-0.05, 0) is 24.8 Å². The van der Waals surface area contributed by atoms with E-state index in [0.29, 0.717) is 26.1 Å².